The fraction of sp³-hybridized carbons (Fsp3) is 1.00. The molecule has 1 nitrogen and oxygen atoms in total. The van der Waals surface area contributed by atoms with E-state index in [2.05, 4.69) is 28.8 Å². The van der Waals surface area contributed by atoms with Gasteiger partial charge in [0.15, 0.2) is 0 Å². The molecule has 0 radical (unpaired) electrons. The smallest absolute Gasteiger partial charge is 0.0168 e. The van der Waals surface area contributed by atoms with Gasteiger partial charge in [0.2, 0.25) is 0 Å². The molecule has 1 N–H and O–H groups in total. The van der Waals surface area contributed by atoms with Crippen LogP contribution in [-0.2, 0) is 0 Å². The Bertz CT molecular complexity index is 103. The van der Waals surface area contributed by atoms with Crippen LogP contribution in [0.3, 0.4) is 0 Å². The summed E-state index contributed by atoms with van der Waals surface area (Å²) in [5.41, 5.74) is 0. The van der Waals surface area contributed by atoms with Gasteiger partial charge >= 0.3 is 0 Å². The Morgan fingerprint density at radius 2 is 1.45 bits per heavy atom. The van der Waals surface area contributed by atoms with Crippen molar-refractivity contribution in [3.8, 4) is 0 Å². The summed E-state index contributed by atoms with van der Waals surface area (Å²) in [5, 5.41) is 3.74. The first-order valence-corrected chi connectivity index (χ1v) is 6.67. The first-order chi connectivity index (χ1) is 5.45. The lowest BCUT2D eigenvalue weighted by Crippen LogP contribution is -2.38. The van der Waals surface area contributed by atoms with Crippen molar-refractivity contribution in [1.29, 1.82) is 0 Å². The third kappa shape index (κ3) is 2.30. The molecule has 3 heteroatoms. The lowest BCUT2D eigenvalue weighted by atomic mass is 10.2. The molecule has 2 heterocycles. The summed E-state index contributed by atoms with van der Waals surface area (Å²) in [6, 6.07) is 1.67. The van der Waals surface area contributed by atoms with Crippen LogP contribution in [0.1, 0.15) is 12.8 Å². The molecule has 0 spiro atoms. The zero-order valence-corrected chi connectivity index (χ0v) is 8.35. The minimum atomic E-state index is 0.837. The van der Waals surface area contributed by atoms with Crippen molar-refractivity contribution in [3.63, 3.8) is 0 Å². The van der Waals surface area contributed by atoms with E-state index in [1.807, 2.05) is 0 Å². The molecule has 2 fully saturated rings. The second-order valence-electron chi connectivity index (χ2n) is 3.29. The van der Waals surface area contributed by atoms with E-state index in [9.17, 15) is 0 Å². The zero-order chi connectivity index (χ0) is 7.52. The first-order valence-electron chi connectivity index (χ1n) is 4.37. The lowest BCUT2D eigenvalue weighted by Gasteiger charge is -2.16. The molecule has 2 atom stereocenters. The fourth-order valence-electron chi connectivity index (χ4n) is 1.67. The number of thioether (sulfide) groups is 2. The van der Waals surface area contributed by atoms with E-state index in [1.165, 1.54) is 35.9 Å². The minimum absolute atomic E-state index is 0.837. The van der Waals surface area contributed by atoms with E-state index in [1.54, 1.807) is 0 Å². The highest BCUT2D eigenvalue weighted by atomic mass is 32.2. The quantitative estimate of drug-likeness (QED) is 0.708. The maximum absolute atomic E-state index is 3.74. The molecule has 2 aliphatic heterocycles. The molecule has 0 aliphatic carbocycles. The molecule has 0 bridgehead atoms. The standard InChI is InChI=1S/C8H15NS2/c1-3-10-5-7(1)9-8-2-4-11-6-8/h7-9H,1-6H2. The van der Waals surface area contributed by atoms with E-state index >= 15 is 0 Å². The Balaban J connectivity index is 1.71. The molecule has 2 unspecified atom stereocenters. The molecule has 0 amide bonds. The Kier molecular flexibility index (Phi) is 3.05. The Morgan fingerprint density at radius 3 is 1.82 bits per heavy atom. The molecule has 0 aromatic carbocycles. The van der Waals surface area contributed by atoms with Crippen molar-refractivity contribution in [2.45, 2.75) is 24.9 Å². The first kappa shape index (κ1) is 8.27. The van der Waals surface area contributed by atoms with Crippen molar-refractivity contribution < 1.29 is 0 Å². The predicted octanol–water partition coefficient (Wildman–Crippen LogP) is 1.59. The van der Waals surface area contributed by atoms with Crippen molar-refractivity contribution in [1.82, 2.24) is 5.32 Å². The van der Waals surface area contributed by atoms with Crippen molar-refractivity contribution in [3.05, 3.63) is 0 Å². The van der Waals surface area contributed by atoms with Gasteiger partial charge < -0.3 is 5.32 Å². The molecule has 0 aromatic heterocycles. The number of hydrogen-bond acceptors (Lipinski definition) is 3. The van der Waals surface area contributed by atoms with E-state index < -0.39 is 0 Å². The average Bonchev–Trinajstić information content (AvgIpc) is 2.60. The van der Waals surface area contributed by atoms with Gasteiger partial charge in [0.1, 0.15) is 0 Å². The highest BCUT2D eigenvalue weighted by molar-refractivity contribution is 7.99. The SMILES string of the molecule is C1CC(NC2CCSC2)CS1. The number of hydrogen-bond donors (Lipinski definition) is 1. The second kappa shape index (κ2) is 4.06. The number of rotatable bonds is 2. The highest BCUT2D eigenvalue weighted by Crippen LogP contribution is 2.22. The van der Waals surface area contributed by atoms with Gasteiger partial charge in [-0.3, -0.25) is 0 Å². The van der Waals surface area contributed by atoms with Crippen LogP contribution in [0.25, 0.3) is 0 Å². The van der Waals surface area contributed by atoms with Crippen LogP contribution in [-0.4, -0.2) is 35.1 Å². The monoisotopic (exact) mass is 189 g/mol. The van der Waals surface area contributed by atoms with Gasteiger partial charge in [-0.2, -0.15) is 23.5 Å². The lowest BCUT2D eigenvalue weighted by molar-refractivity contribution is 0.479. The molecule has 11 heavy (non-hydrogen) atoms. The fourth-order valence-corrected chi connectivity index (χ4v) is 4.00. The van der Waals surface area contributed by atoms with E-state index in [0.29, 0.717) is 0 Å². The third-order valence-electron chi connectivity index (χ3n) is 2.33. The maximum Gasteiger partial charge on any atom is 0.0168 e. The summed E-state index contributed by atoms with van der Waals surface area (Å²) in [6.45, 7) is 0. The van der Waals surface area contributed by atoms with Crippen LogP contribution >= 0.6 is 23.5 Å². The summed E-state index contributed by atoms with van der Waals surface area (Å²) in [5.74, 6) is 5.44. The summed E-state index contributed by atoms with van der Waals surface area (Å²) in [4.78, 5) is 0. The third-order valence-corrected chi connectivity index (χ3v) is 4.66. The van der Waals surface area contributed by atoms with E-state index in [-0.39, 0.29) is 0 Å². The van der Waals surface area contributed by atoms with Crippen LogP contribution in [0.15, 0.2) is 0 Å². The van der Waals surface area contributed by atoms with Crippen LogP contribution in [0.5, 0.6) is 0 Å². The van der Waals surface area contributed by atoms with Crippen LogP contribution in [0.2, 0.25) is 0 Å². The van der Waals surface area contributed by atoms with Gasteiger partial charge in [-0.15, -0.1) is 0 Å². The summed E-state index contributed by atoms with van der Waals surface area (Å²) in [7, 11) is 0. The summed E-state index contributed by atoms with van der Waals surface area (Å²) in [6.07, 6.45) is 2.79. The van der Waals surface area contributed by atoms with Crippen LogP contribution < -0.4 is 5.32 Å². The van der Waals surface area contributed by atoms with E-state index in [4.69, 9.17) is 0 Å². The molecular weight excluding hydrogens is 174 g/mol. The molecule has 0 aromatic rings. The molecule has 2 rings (SSSR count). The van der Waals surface area contributed by atoms with Gasteiger partial charge in [-0.05, 0) is 24.3 Å². The van der Waals surface area contributed by atoms with Gasteiger partial charge in [0.25, 0.3) is 0 Å². The Labute approximate surface area is 77.1 Å². The van der Waals surface area contributed by atoms with Crippen molar-refractivity contribution in [2.24, 2.45) is 0 Å². The number of nitrogens with one attached hydrogen (secondary N) is 1. The van der Waals surface area contributed by atoms with Crippen molar-refractivity contribution in [2.75, 3.05) is 23.0 Å². The normalized spacial score (nSPS) is 38.2. The van der Waals surface area contributed by atoms with Gasteiger partial charge in [0, 0.05) is 23.6 Å². The minimum Gasteiger partial charge on any atom is -0.310 e. The van der Waals surface area contributed by atoms with Gasteiger partial charge in [-0.25, -0.2) is 0 Å². The molecule has 2 aliphatic rings. The summed E-state index contributed by atoms with van der Waals surface area (Å²) >= 11 is 4.19. The predicted molar refractivity (Wildman–Crippen MR) is 54.6 cm³/mol. The maximum atomic E-state index is 3.74. The zero-order valence-electron chi connectivity index (χ0n) is 6.71. The molecular formula is C8H15NS2. The Hall–Kier alpha value is 0.660. The Morgan fingerprint density at radius 1 is 0.909 bits per heavy atom. The van der Waals surface area contributed by atoms with Gasteiger partial charge in [-0.1, -0.05) is 0 Å². The second-order valence-corrected chi connectivity index (χ2v) is 5.59. The highest BCUT2D eigenvalue weighted by Gasteiger charge is 2.21. The van der Waals surface area contributed by atoms with Crippen molar-refractivity contribution >= 4 is 23.5 Å². The van der Waals surface area contributed by atoms with Gasteiger partial charge in [0.05, 0.1) is 0 Å². The van der Waals surface area contributed by atoms with Crippen LogP contribution in [0.4, 0.5) is 0 Å². The summed E-state index contributed by atoms with van der Waals surface area (Å²) < 4.78 is 0. The van der Waals surface area contributed by atoms with Crippen LogP contribution in [0, 0.1) is 0 Å². The molecule has 64 valence electrons. The molecule has 0 saturated carbocycles. The van der Waals surface area contributed by atoms with E-state index in [0.717, 1.165) is 12.1 Å². The molecule has 2 saturated heterocycles. The largest absolute Gasteiger partial charge is 0.310 e. The topological polar surface area (TPSA) is 12.0 Å². The average molecular weight is 189 g/mol.